The minimum Gasteiger partial charge on any atom is -0.376 e. The van der Waals surface area contributed by atoms with Crippen molar-refractivity contribution in [3.05, 3.63) is 29.6 Å². The second-order valence-electron chi connectivity index (χ2n) is 6.30. The Kier molecular flexibility index (Phi) is 6.19. The minimum absolute atomic E-state index is 0.0807. The lowest BCUT2D eigenvalue weighted by Gasteiger charge is -2.40. The number of hydrogen-bond acceptors (Lipinski definition) is 3. The highest BCUT2D eigenvalue weighted by atomic mass is 16.5. The molecule has 0 radical (unpaired) electrons. The van der Waals surface area contributed by atoms with E-state index in [-0.39, 0.29) is 11.6 Å². The summed E-state index contributed by atoms with van der Waals surface area (Å²) in [6.45, 7) is 5.27. The number of pyridine rings is 1. The molecule has 2 rings (SSSR count). The first kappa shape index (κ1) is 16.4. The summed E-state index contributed by atoms with van der Waals surface area (Å²) in [6, 6.07) is 4.56. The predicted octanol–water partition coefficient (Wildman–Crippen LogP) is 4.17. The molecule has 1 saturated carbocycles. The SMILES string of the molecule is CCCNC(c1ccc(C)nc1)C1(OC)CCCCCC1. The molecule has 0 saturated heterocycles. The molecule has 1 aromatic rings. The van der Waals surface area contributed by atoms with Gasteiger partial charge in [0.15, 0.2) is 0 Å². The molecule has 1 heterocycles. The molecule has 0 spiro atoms. The van der Waals surface area contributed by atoms with Gasteiger partial charge in [0.05, 0.1) is 11.6 Å². The van der Waals surface area contributed by atoms with E-state index in [4.69, 9.17) is 4.74 Å². The van der Waals surface area contributed by atoms with Gasteiger partial charge in [0, 0.05) is 19.0 Å². The first-order valence-electron chi connectivity index (χ1n) is 8.43. The number of nitrogens with one attached hydrogen (secondary N) is 1. The Bertz CT molecular complexity index is 408. The molecule has 0 amide bonds. The van der Waals surface area contributed by atoms with E-state index in [1.807, 2.05) is 20.2 Å². The molecule has 1 aromatic heterocycles. The lowest BCUT2D eigenvalue weighted by Crippen LogP contribution is -2.45. The van der Waals surface area contributed by atoms with Gasteiger partial charge in [0.2, 0.25) is 0 Å². The van der Waals surface area contributed by atoms with E-state index in [1.54, 1.807) is 0 Å². The van der Waals surface area contributed by atoms with E-state index in [0.717, 1.165) is 31.5 Å². The zero-order valence-electron chi connectivity index (χ0n) is 13.8. The van der Waals surface area contributed by atoms with Gasteiger partial charge in [-0.25, -0.2) is 0 Å². The van der Waals surface area contributed by atoms with Gasteiger partial charge >= 0.3 is 0 Å². The van der Waals surface area contributed by atoms with Crippen molar-refractivity contribution in [2.24, 2.45) is 0 Å². The quantitative estimate of drug-likeness (QED) is 0.798. The van der Waals surface area contributed by atoms with Gasteiger partial charge < -0.3 is 10.1 Å². The van der Waals surface area contributed by atoms with Crippen LogP contribution in [0.2, 0.25) is 0 Å². The van der Waals surface area contributed by atoms with Crippen molar-refractivity contribution in [3.8, 4) is 0 Å². The maximum absolute atomic E-state index is 6.11. The zero-order valence-corrected chi connectivity index (χ0v) is 13.8. The zero-order chi connectivity index (χ0) is 15.1. The van der Waals surface area contributed by atoms with E-state index in [9.17, 15) is 0 Å². The first-order chi connectivity index (χ1) is 10.2. The van der Waals surface area contributed by atoms with Crippen LogP contribution in [-0.4, -0.2) is 24.2 Å². The fourth-order valence-corrected chi connectivity index (χ4v) is 3.48. The van der Waals surface area contributed by atoms with Crippen molar-refractivity contribution >= 4 is 0 Å². The van der Waals surface area contributed by atoms with Crippen molar-refractivity contribution in [1.82, 2.24) is 10.3 Å². The van der Waals surface area contributed by atoms with Crippen LogP contribution in [0.5, 0.6) is 0 Å². The summed E-state index contributed by atoms with van der Waals surface area (Å²) in [5, 5.41) is 3.73. The van der Waals surface area contributed by atoms with Crippen molar-refractivity contribution < 1.29 is 4.74 Å². The molecule has 1 N–H and O–H groups in total. The molecule has 1 fully saturated rings. The molecule has 3 heteroatoms. The largest absolute Gasteiger partial charge is 0.376 e. The molecule has 0 aromatic carbocycles. The lowest BCUT2D eigenvalue weighted by molar-refractivity contribution is -0.0540. The summed E-state index contributed by atoms with van der Waals surface area (Å²) in [5.74, 6) is 0. The van der Waals surface area contributed by atoms with Gasteiger partial charge in [0.1, 0.15) is 0 Å². The number of hydrogen-bond donors (Lipinski definition) is 1. The van der Waals surface area contributed by atoms with Crippen molar-refractivity contribution in [2.75, 3.05) is 13.7 Å². The summed E-state index contributed by atoms with van der Waals surface area (Å²) in [4.78, 5) is 4.50. The molecule has 1 atom stereocenters. The van der Waals surface area contributed by atoms with Gasteiger partial charge in [-0.15, -0.1) is 0 Å². The maximum Gasteiger partial charge on any atom is 0.0873 e. The van der Waals surface area contributed by atoms with Crippen LogP contribution in [0.3, 0.4) is 0 Å². The predicted molar refractivity (Wildman–Crippen MR) is 87.5 cm³/mol. The number of rotatable bonds is 6. The average Bonchev–Trinajstić information content (AvgIpc) is 2.76. The summed E-state index contributed by atoms with van der Waals surface area (Å²) < 4.78 is 6.11. The fraction of sp³-hybridized carbons (Fsp3) is 0.722. The molecular formula is C18H30N2O. The number of ether oxygens (including phenoxy) is 1. The molecule has 1 unspecified atom stereocenters. The van der Waals surface area contributed by atoms with Crippen LogP contribution in [-0.2, 0) is 4.74 Å². The number of aryl methyl sites for hydroxylation is 1. The van der Waals surface area contributed by atoms with E-state index in [2.05, 4.69) is 29.4 Å². The Hall–Kier alpha value is -0.930. The third kappa shape index (κ3) is 4.04. The van der Waals surface area contributed by atoms with Crippen molar-refractivity contribution in [1.29, 1.82) is 0 Å². The highest BCUT2D eigenvalue weighted by Crippen LogP contribution is 2.40. The molecule has 0 bridgehead atoms. The van der Waals surface area contributed by atoms with Crippen LogP contribution in [0.25, 0.3) is 0 Å². The number of methoxy groups -OCH3 is 1. The third-order valence-electron chi connectivity index (χ3n) is 4.75. The van der Waals surface area contributed by atoms with E-state index < -0.39 is 0 Å². The molecule has 21 heavy (non-hydrogen) atoms. The van der Waals surface area contributed by atoms with Crippen LogP contribution in [0.1, 0.15) is 69.2 Å². The average molecular weight is 290 g/mol. The van der Waals surface area contributed by atoms with Crippen LogP contribution in [0, 0.1) is 6.92 Å². The highest BCUT2D eigenvalue weighted by Gasteiger charge is 2.39. The monoisotopic (exact) mass is 290 g/mol. The Labute approximate surface area is 129 Å². The summed E-state index contributed by atoms with van der Waals surface area (Å²) in [5.41, 5.74) is 2.25. The minimum atomic E-state index is -0.0807. The normalized spacial score (nSPS) is 20.0. The van der Waals surface area contributed by atoms with Crippen molar-refractivity contribution in [2.45, 2.75) is 70.4 Å². The molecule has 1 aliphatic rings. The van der Waals surface area contributed by atoms with Gasteiger partial charge in [-0.05, 0) is 44.4 Å². The topological polar surface area (TPSA) is 34.2 Å². The Morgan fingerprint density at radius 2 is 1.95 bits per heavy atom. The van der Waals surface area contributed by atoms with Crippen LogP contribution in [0.15, 0.2) is 18.3 Å². The summed E-state index contributed by atoms with van der Waals surface area (Å²) in [6.07, 6.45) is 10.6. The Morgan fingerprint density at radius 3 is 2.48 bits per heavy atom. The smallest absolute Gasteiger partial charge is 0.0873 e. The lowest BCUT2D eigenvalue weighted by atomic mass is 9.82. The van der Waals surface area contributed by atoms with E-state index >= 15 is 0 Å². The number of aromatic nitrogens is 1. The number of nitrogens with zero attached hydrogens (tertiary/aromatic N) is 1. The fourth-order valence-electron chi connectivity index (χ4n) is 3.48. The molecule has 0 aliphatic heterocycles. The first-order valence-corrected chi connectivity index (χ1v) is 8.43. The summed E-state index contributed by atoms with van der Waals surface area (Å²) >= 11 is 0. The van der Waals surface area contributed by atoms with Crippen molar-refractivity contribution in [3.63, 3.8) is 0 Å². The summed E-state index contributed by atoms with van der Waals surface area (Å²) in [7, 11) is 1.88. The Morgan fingerprint density at radius 1 is 1.24 bits per heavy atom. The van der Waals surface area contributed by atoms with Gasteiger partial charge in [-0.2, -0.15) is 0 Å². The highest BCUT2D eigenvalue weighted by molar-refractivity contribution is 5.21. The third-order valence-corrected chi connectivity index (χ3v) is 4.75. The second-order valence-corrected chi connectivity index (χ2v) is 6.30. The van der Waals surface area contributed by atoms with Gasteiger partial charge in [-0.3, -0.25) is 4.98 Å². The molecular weight excluding hydrogens is 260 g/mol. The van der Waals surface area contributed by atoms with E-state index in [1.165, 1.54) is 31.2 Å². The van der Waals surface area contributed by atoms with Crippen LogP contribution < -0.4 is 5.32 Å². The second kappa shape index (κ2) is 7.90. The maximum atomic E-state index is 6.11. The molecule has 3 nitrogen and oxygen atoms in total. The Balaban J connectivity index is 2.29. The van der Waals surface area contributed by atoms with Crippen LogP contribution >= 0.6 is 0 Å². The molecule has 118 valence electrons. The van der Waals surface area contributed by atoms with Gasteiger partial charge in [-0.1, -0.05) is 38.7 Å². The van der Waals surface area contributed by atoms with E-state index in [0.29, 0.717) is 0 Å². The standard InChI is InChI=1S/C18H30N2O/c1-4-13-19-17(16-10-9-15(2)20-14-16)18(21-3)11-7-5-6-8-12-18/h9-10,14,17,19H,4-8,11-13H2,1-3H3. The molecule has 1 aliphatic carbocycles. The van der Waals surface area contributed by atoms with Gasteiger partial charge in [0.25, 0.3) is 0 Å². The van der Waals surface area contributed by atoms with Crippen LogP contribution in [0.4, 0.5) is 0 Å².